The highest BCUT2D eigenvalue weighted by Crippen LogP contribution is 2.20. The molecule has 0 unspecified atom stereocenters. The van der Waals surface area contributed by atoms with Crippen LogP contribution in [-0.4, -0.2) is 54.0 Å². The molecule has 1 heterocycles. The molecule has 1 aliphatic heterocycles. The summed E-state index contributed by atoms with van der Waals surface area (Å²) in [4.78, 5) is 33.2. The summed E-state index contributed by atoms with van der Waals surface area (Å²) in [6, 6.07) is 0. The monoisotopic (exact) mass is 315 g/mol. The van der Waals surface area contributed by atoms with Crippen molar-refractivity contribution < 1.29 is 29.2 Å². The number of nitrogens with zero attached hydrogens (tertiary/aromatic N) is 1. The summed E-state index contributed by atoms with van der Waals surface area (Å²) in [7, 11) is 1.20. The lowest BCUT2D eigenvalue weighted by Crippen LogP contribution is -2.41. The van der Waals surface area contributed by atoms with Gasteiger partial charge in [-0.2, -0.15) is 4.89 Å². The fourth-order valence-corrected chi connectivity index (χ4v) is 2.07. The van der Waals surface area contributed by atoms with E-state index >= 15 is 0 Å². The van der Waals surface area contributed by atoms with Crippen molar-refractivity contribution in [3.05, 3.63) is 12.2 Å². The molecule has 22 heavy (non-hydrogen) atoms. The van der Waals surface area contributed by atoms with Gasteiger partial charge in [-0.25, -0.2) is 9.59 Å². The number of rotatable bonds is 4. The first-order valence-electron chi connectivity index (χ1n) is 7.31. The lowest BCUT2D eigenvalue weighted by atomic mass is 9.96. The average molecular weight is 315 g/mol. The van der Waals surface area contributed by atoms with Gasteiger partial charge in [-0.1, -0.05) is 6.08 Å². The Balaban J connectivity index is 2.39. The number of likely N-dealkylation sites (tertiary alicyclic amines) is 1. The summed E-state index contributed by atoms with van der Waals surface area (Å²) in [5.74, 6) is -0.659. The van der Waals surface area contributed by atoms with E-state index < -0.39 is 17.7 Å². The average Bonchev–Trinajstić information content (AvgIpc) is 2.43. The van der Waals surface area contributed by atoms with Crippen LogP contribution in [0, 0.1) is 5.92 Å². The number of hydrogen-bond donors (Lipinski definition) is 1. The normalized spacial score (nSPS) is 18.3. The van der Waals surface area contributed by atoms with E-state index in [2.05, 4.69) is 9.78 Å². The first-order valence-corrected chi connectivity index (χ1v) is 7.31. The number of aliphatic hydroxyl groups excluding tert-OH is 1. The van der Waals surface area contributed by atoms with Crippen molar-refractivity contribution in [3.8, 4) is 0 Å². The lowest BCUT2D eigenvalue weighted by molar-refractivity contribution is -0.260. The fourth-order valence-electron chi connectivity index (χ4n) is 2.07. The van der Waals surface area contributed by atoms with Crippen LogP contribution in [0.5, 0.6) is 0 Å². The lowest BCUT2D eigenvalue weighted by Gasteiger charge is -2.32. The van der Waals surface area contributed by atoms with Crippen LogP contribution in [0.25, 0.3) is 0 Å². The van der Waals surface area contributed by atoms with Gasteiger partial charge < -0.3 is 14.7 Å². The van der Waals surface area contributed by atoms with E-state index in [1.807, 2.05) is 20.8 Å². The maximum atomic E-state index is 11.9. The van der Waals surface area contributed by atoms with Crippen molar-refractivity contribution in [1.29, 1.82) is 0 Å². The zero-order chi connectivity index (χ0) is 16.8. The Labute approximate surface area is 130 Å². The van der Waals surface area contributed by atoms with Gasteiger partial charge in [-0.15, -0.1) is 0 Å². The number of amides is 1. The van der Waals surface area contributed by atoms with E-state index in [9.17, 15) is 14.7 Å². The molecule has 0 spiro atoms. The Morgan fingerprint density at radius 2 is 1.86 bits per heavy atom. The zero-order valence-corrected chi connectivity index (χ0v) is 13.6. The number of allylic oxidation sites excluding steroid dienone is 1. The van der Waals surface area contributed by atoms with Crippen molar-refractivity contribution in [2.24, 2.45) is 5.92 Å². The highest BCUT2D eigenvalue weighted by Gasteiger charge is 2.26. The first-order chi connectivity index (χ1) is 10.2. The largest absolute Gasteiger partial charge is 0.444 e. The molecular weight excluding hydrogens is 290 g/mol. The molecule has 0 aromatic carbocycles. The van der Waals surface area contributed by atoms with Crippen molar-refractivity contribution in [1.82, 2.24) is 4.90 Å². The number of aliphatic hydroxyl groups is 1. The summed E-state index contributed by atoms with van der Waals surface area (Å²) in [6.07, 6.45) is 3.01. The van der Waals surface area contributed by atoms with Gasteiger partial charge in [-0.3, -0.25) is 4.89 Å². The summed E-state index contributed by atoms with van der Waals surface area (Å²) in [6.45, 7) is 6.67. The number of piperidine rings is 1. The molecular formula is C15H25NO6. The Bertz CT molecular complexity index is 407. The Morgan fingerprint density at radius 3 is 2.36 bits per heavy atom. The maximum absolute atomic E-state index is 11.9. The van der Waals surface area contributed by atoms with Gasteiger partial charge in [0, 0.05) is 13.1 Å². The second-order valence-electron chi connectivity index (χ2n) is 6.20. The number of carbonyl (C=O) groups is 2. The summed E-state index contributed by atoms with van der Waals surface area (Å²) in [5.41, 5.74) is -0.500. The van der Waals surface area contributed by atoms with Gasteiger partial charge in [0.1, 0.15) is 5.60 Å². The second-order valence-corrected chi connectivity index (χ2v) is 6.20. The molecule has 7 nitrogen and oxygen atoms in total. The third-order valence-electron chi connectivity index (χ3n) is 3.16. The van der Waals surface area contributed by atoms with Gasteiger partial charge in [0.2, 0.25) is 0 Å². The van der Waals surface area contributed by atoms with Crippen molar-refractivity contribution in [2.75, 3.05) is 20.2 Å². The van der Waals surface area contributed by atoms with Gasteiger partial charge >= 0.3 is 12.1 Å². The SMILES string of the molecule is COOC(=O)[C@@H](O)/C=C/C1CCN(C(=O)OC(C)(C)C)CC1. The predicted molar refractivity (Wildman–Crippen MR) is 78.8 cm³/mol. The minimum Gasteiger partial charge on any atom is -0.444 e. The molecule has 1 amide bonds. The molecule has 0 aliphatic carbocycles. The van der Waals surface area contributed by atoms with E-state index in [1.54, 1.807) is 11.0 Å². The Morgan fingerprint density at radius 1 is 1.27 bits per heavy atom. The minimum absolute atomic E-state index is 0.198. The zero-order valence-electron chi connectivity index (χ0n) is 13.6. The van der Waals surface area contributed by atoms with Crippen LogP contribution in [0.3, 0.4) is 0 Å². The highest BCUT2D eigenvalue weighted by atomic mass is 17.2. The van der Waals surface area contributed by atoms with Crippen LogP contribution in [0.15, 0.2) is 12.2 Å². The first kappa shape index (κ1) is 18.4. The van der Waals surface area contributed by atoms with E-state index in [0.717, 1.165) is 12.8 Å². The van der Waals surface area contributed by atoms with E-state index in [0.29, 0.717) is 13.1 Å². The van der Waals surface area contributed by atoms with Crippen LogP contribution in [0.4, 0.5) is 4.79 Å². The van der Waals surface area contributed by atoms with Crippen molar-refractivity contribution in [3.63, 3.8) is 0 Å². The van der Waals surface area contributed by atoms with Crippen molar-refractivity contribution in [2.45, 2.75) is 45.3 Å². The molecule has 1 N–H and O–H groups in total. The Kier molecular flexibility index (Phi) is 6.83. The molecule has 7 heteroatoms. The van der Waals surface area contributed by atoms with Crippen LogP contribution in [0.1, 0.15) is 33.6 Å². The van der Waals surface area contributed by atoms with Gasteiger partial charge in [0.05, 0.1) is 7.11 Å². The highest BCUT2D eigenvalue weighted by molar-refractivity contribution is 5.75. The third-order valence-corrected chi connectivity index (χ3v) is 3.16. The molecule has 0 aromatic heterocycles. The van der Waals surface area contributed by atoms with Gasteiger partial charge in [0.15, 0.2) is 6.10 Å². The van der Waals surface area contributed by atoms with Crippen LogP contribution in [-0.2, 0) is 19.3 Å². The van der Waals surface area contributed by atoms with Crippen LogP contribution >= 0.6 is 0 Å². The van der Waals surface area contributed by atoms with Crippen molar-refractivity contribution >= 4 is 12.1 Å². The van der Waals surface area contributed by atoms with Gasteiger partial charge in [0.25, 0.3) is 0 Å². The predicted octanol–water partition coefficient (Wildman–Crippen LogP) is 1.66. The molecule has 1 atom stereocenters. The van der Waals surface area contributed by atoms with Gasteiger partial charge in [-0.05, 0) is 45.6 Å². The molecule has 1 aliphatic rings. The molecule has 1 saturated heterocycles. The number of carbonyl (C=O) groups excluding carboxylic acids is 2. The van der Waals surface area contributed by atoms with E-state index in [4.69, 9.17) is 4.74 Å². The molecule has 0 bridgehead atoms. The number of hydrogen-bond acceptors (Lipinski definition) is 6. The molecule has 126 valence electrons. The molecule has 1 fully saturated rings. The smallest absolute Gasteiger partial charge is 0.410 e. The maximum Gasteiger partial charge on any atom is 0.410 e. The molecule has 0 aromatic rings. The standard InChI is InChI=1S/C15H25NO6/c1-15(2,3)21-14(19)16-9-7-11(8-10-16)5-6-12(17)13(18)22-20-4/h5-6,11-12,17H,7-10H2,1-4H3/b6-5+/t12-/m0/s1. The fraction of sp³-hybridized carbons (Fsp3) is 0.733. The van der Waals surface area contributed by atoms with E-state index in [-0.39, 0.29) is 12.0 Å². The quantitative estimate of drug-likeness (QED) is 0.482. The van der Waals surface area contributed by atoms with Crippen LogP contribution in [0.2, 0.25) is 0 Å². The topological polar surface area (TPSA) is 85.3 Å². The molecule has 0 saturated carbocycles. The number of ether oxygens (including phenoxy) is 1. The molecule has 1 rings (SSSR count). The van der Waals surface area contributed by atoms with Crippen LogP contribution < -0.4 is 0 Å². The van der Waals surface area contributed by atoms with E-state index in [1.165, 1.54) is 13.2 Å². The second kappa shape index (κ2) is 8.14. The summed E-state index contributed by atoms with van der Waals surface area (Å²) >= 11 is 0. The summed E-state index contributed by atoms with van der Waals surface area (Å²) in [5, 5.41) is 9.52. The molecule has 0 radical (unpaired) electrons. The summed E-state index contributed by atoms with van der Waals surface area (Å²) < 4.78 is 5.32. The third kappa shape index (κ3) is 6.44. The Hall–Kier alpha value is -1.60. The minimum atomic E-state index is -1.34.